The Labute approximate surface area is 336 Å². The number of ether oxygens (including phenoxy) is 2. The monoisotopic (exact) mass is 798 g/mol. The van der Waals surface area contributed by atoms with E-state index in [-0.39, 0.29) is 66.6 Å². The predicted octanol–water partition coefficient (Wildman–Crippen LogP) is 4.33. The van der Waals surface area contributed by atoms with E-state index in [1.54, 1.807) is 36.5 Å². The minimum atomic E-state index is -1.03. The molecule has 6 amide bonds. The smallest absolute Gasteiger partial charge is 0.264 e. The number of imide groups is 2. The number of piperidine rings is 2. The van der Waals surface area contributed by atoms with Gasteiger partial charge in [0, 0.05) is 55.3 Å². The fraction of sp³-hybridized carbons (Fsp3) is 0.512. The summed E-state index contributed by atoms with van der Waals surface area (Å²) in [5.74, 6) is -1.88. The van der Waals surface area contributed by atoms with Crippen molar-refractivity contribution < 1.29 is 42.6 Å². The molecule has 1 unspecified atom stereocenters. The van der Waals surface area contributed by atoms with Crippen LogP contribution in [0.15, 0.2) is 48.7 Å². The van der Waals surface area contributed by atoms with E-state index in [4.69, 9.17) is 9.47 Å². The highest BCUT2D eigenvalue weighted by Crippen LogP contribution is 2.41. The van der Waals surface area contributed by atoms with Crippen LogP contribution in [0, 0.1) is 17.7 Å². The number of rotatable bonds is 15. The van der Waals surface area contributed by atoms with Gasteiger partial charge in [-0.1, -0.05) is 13.0 Å². The number of pyridine rings is 1. The van der Waals surface area contributed by atoms with Gasteiger partial charge >= 0.3 is 0 Å². The van der Waals surface area contributed by atoms with Crippen LogP contribution in [0.5, 0.6) is 0 Å². The first-order chi connectivity index (χ1) is 28.1. The number of benzene rings is 2. The summed E-state index contributed by atoms with van der Waals surface area (Å²) in [7, 11) is 0. The summed E-state index contributed by atoms with van der Waals surface area (Å²) >= 11 is 0. The van der Waals surface area contributed by atoms with Gasteiger partial charge in [-0.05, 0) is 98.7 Å². The van der Waals surface area contributed by atoms with Crippen molar-refractivity contribution in [2.24, 2.45) is 11.8 Å². The zero-order valence-electron chi connectivity index (χ0n) is 32.8. The van der Waals surface area contributed by atoms with Crippen molar-refractivity contribution in [3.63, 3.8) is 0 Å². The lowest BCUT2D eigenvalue weighted by Gasteiger charge is -2.35. The molecule has 7 rings (SSSR count). The molecule has 1 aliphatic carbocycles. The second-order valence-electron chi connectivity index (χ2n) is 15.7. The highest BCUT2D eigenvalue weighted by Gasteiger charge is 2.45. The van der Waals surface area contributed by atoms with Crippen LogP contribution in [-0.4, -0.2) is 108 Å². The number of aromatic nitrogens is 1. The van der Waals surface area contributed by atoms with Gasteiger partial charge in [-0.15, -0.1) is 0 Å². The van der Waals surface area contributed by atoms with Gasteiger partial charge in [-0.25, -0.2) is 4.39 Å². The Morgan fingerprint density at radius 1 is 0.914 bits per heavy atom. The Kier molecular flexibility index (Phi) is 13.1. The van der Waals surface area contributed by atoms with Gasteiger partial charge < -0.3 is 25.0 Å². The minimum Gasteiger partial charge on any atom is -0.382 e. The van der Waals surface area contributed by atoms with E-state index in [1.165, 1.54) is 6.07 Å². The van der Waals surface area contributed by atoms with Gasteiger partial charge in [-0.3, -0.25) is 44.0 Å². The zero-order valence-corrected chi connectivity index (χ0v) is 32.8. The Hall–Kier alpha value is -5.28. The number of hydrogen-bond acceptors (Lipinski definition) is 10. The average Bonchev–Trinajstić information content (AvgIpc) is 3.48. The number of carbonyl (C=O) groups is 6. The second-order valence-corrected chi connectivity index (χ2v) is 15.7. The molecule has 0 spiro atoms. The lowest BCUT2D eigenvalue weighted by molar-refractivity contribution is -0.136. The van der Waals surface area contributed by atoms with Crippen LogP contribution in [-0.2, 0) is 28.7 Å². The Balaban J connectivity index is 0.740. The van der Waals surface area contributed by atoms with E-state index < -0.39 is 29.7 Å². The molecule has 2 aromatic carbocycles. The number of nitrogens with zero attached hydrogens (tertiary/aromatic N) is 3. The van der Waals surface area contributed by atoms with E-state index >= 15 is 0 Å². The zero-order chi connectivity index (χ0) is 40.8. The van der Waals surface area contributed by atoms with Gasteiger partial charge in [0.25, 0.3) is 11.8 Å². The third kappa shape index (κ3) is 9.20. The predicted molar refractivity (Wildman–Crippen MR) is 211 cm³/mol. The maximum absolute atomic E-state index is 14.0. The molecule has 0 radical (unpaired) electrons. The minimum absolute atomic E-state index is 0.0179. The molecule has 3 N–H and O–H groups in total. The Morgan fingerprint density at radius 3 is 2.43 bits per heavy atom. The third-order valence-electron chi connectivity index (χ3n) is 12.1. The summed E-state index contributed by atoms with van der Waals surface area (Å²) < 4.78 is 25.3. The van der Waals surface area contributed by atoms with Crippen molar-refractivity contribution in [1.82, 2.24) is 25.4 Å². The van der Waals surface area contributed by atoms with Crippen LogP contribution in [0.4, 0.5) is 10.1 Å². The number of hydrogen-bond donors (Lipinski definition) is 3. The van der Waals surface area contributed by atoms with Gasteiger partial charge in [-0.2, -0.15) is 0 Å². The highest BCUT2D eigenvalue weighted by atomic mass is 19.1. The van der Waals surface area contributed by atoms with Crippen molar-refractivity contribution in [1.29, 1.82) is 0 Å². The van der Waals surface area contributed by atoms with Crippen LogP contribution in [0.3, 0.4) is 0 Å². The van der Waals surface area contributed by atoms with Crippen molar-refractivity contribution in [2.75, 3.05) is 51.4 Å². The Morgan fingerprint density at radius 2 is 1.67 bits per heavy atom. The number of amides is 6. The second kappa shape index (κ2) is 18.5. The molecule has 1 saturated carbocycles. The van der Waals surface area contributed by atoms with Crippen LogP contribution in [0.25, 0.3) is 10.9 Å². The summed E-state index contributed by atoms with van der Waals surface area (Å²) in [5.41, 5.74) is 2.79. The lowest BCUT2D eigenvalue weighted by Crippen LogP contribution is -2.54. The first-order valence-corrected chi connectivity index (χ1v) is 20.4. The molecule has 4 aliphatic rings. The van der Waals surface area contributed by atoms with Gasteiger partial charge in [0.1, 0.15) is 11.9 Å². The number of fused-ring (bicyclic) bond motifs is 2. The normalized spacial score (nSPS) is 21.9. The summed E-state index contributed by atoms with van der Waals surface area (Å²) in [6, 6.07) is 10.6. The molecule has 3 aliphatic heterocycles. The standard InChI is InChI=1S/C43H51FN6O8/c1-26(27-5-7-28(8-6-27)31-13-17-45-34-10-9-29(44)25-33(31)34)40(53)47-30-14-19-49(20-15-30)38(52)16-21-57-23-24-58-22-18-46-35-4-2-3-32-39(35)43(56)50(42(32)55)36-11-12-37(51)48-41(36)54/h2-4,9-10,13,17,25-28,30,36,46H,5-8,11-12,14-16,18-24H2,1H3,(H,47,53)(H,48,51,54)/t26-,27?,28?,36?/m1/s1. The maximum Gasteiger partial charge on any atom is 0.264 e. The first-order valence-electron chi connectivity index (χ1n) is 20.4. The van der Waals surface area contributed by atoms with E-state index in [0.717, 1.165) is 47.0 Å². The molecule has 3 aromatic rings. The maximum atomic E-state index is 14.0. The van der Waals surface area contributed by atoms with E-state index in [2.05, 4.69) is 20.9 Å². The molecule has 308 valence electrons. The molecular formula is C43H51FN6O8. The topological polar surface area (TPSA) is 176 Å². The molecule has 14 nitrogen and oxygen atoms in total. The molecule has 0 bridgehead atoms. The number of carbonyl (C=O) groups excluding carboxylic acids is 6. The lowest BCUT2D eigenvalue weighted by atomic mass is 9.73. The molecule has 3 fully saturated rings. The highest BCUT2D eigenvalue weighted by molar-refractivity contribution is 6.25. The average molecular weight is 799 g/mol. The number of likely N-dealkylation sites (tertiary alicyclic amines) is 1. The van der Waals surface area contributed by atoms with E-state index in [0.29, 0.717) is 69.8 Å². The molecule has 2 saturated heterocycles. The van der Waals surface area contributed by atoms with Gasteiger partial charge in [0.15, 0.2) is 0 Å². The molecule has 2 atom stereocenters. The number of halogens is 1. The molecule has 4 heterocycles. The Bertz CT molecular complexity index is 2050. The molecule has 58 heavy (non-hydrogen) atoms. The molecule has 15 heteroatoms. The van der Waals surface area contributed by atoms with E-state index in [1.807, 2.05) is 17.9 Å². The summed E-state index contributed by atoms with van der Waals surface area (Å²) in [5, 5.41) is 9.45. The van der Waals surface area contributed by atoms with Gasteiger partial charge in [0.2, 0.25) is 23.6 Å². The molecule has 1 aromatic heterocycles. The van der Waals surface area contributed by atoms with Crippen molar-refractivity contribution in [3.05, 3.63) is 71.2 Å². The fourth-order valence-electron chi connectivity index (χ4n) is 8.81. The SMILES string of the molecule is C[C@@H](C(=O)NC1CCN(C(=O)CCOCCOCCNc2cccc3c2C(=O)N(C2CCC(=O)NC2=O)C3=O)CC1)C1CCC(c2ccnc3ccc(F)cc23)CC1. The van der Waals surface area contributed by atoms with Crippen molar-refractivity contribution >= 4 is 52.0 Å². The van der Waals surface area contributed by atoms with Crippen molar-refractivity contribution in [3.8, 4) is 0 Å². The van der Waals surface area contributed by atoms with E-state index in [9.17, 15) is 33.2 Å². The number of anilines is 1. The fourth-order valence-corrected chi connectivity index (χ4v) is 8.81. The summed E-state index contributed by atoms with van der Waals surface area (Å²) in [4.78, 5) is 83.5. The summed E-state index contributed by atoms with van der Waals surface area (Å²) in [6.07, 6.45) is 7.39. The van der Waals surface area contributed by atoms with Crippen LogP contribution in [0.1, 0.15) is 96.9 Å². The first kappa shape index (κ1) is 40.9. The largest absolute Gasteiger partial charge is 0.382 e. The number of nitrogens with one attached hydrogen (secondary N) is 3. The summed E-state index contributed by atoms with van der Waals surface area (Å²) in [6.45, 7) is 4.69. The van der Waals surface area contributed by atoms with Crippen LogP contribution < -0.4 is 16.0 Å². The van der Waals surface area contributed by atoms with Gasteiger partial charge in [0.05, 0.1) is 49.5 Å². The van der Waals surface area contributed by atoms with Crippen LogP contribution in [0.2, 0.25) is 0 Å². The molecular weight excluding hydrogens is 748 g/mol. The van der Waals surface area contributed by atoms with Crippen molar-refractivity contribution in [2.45, 2.75) is 82.7 Å². The third-order valence-corrected chi connectivity index (χ3v) is 12.1. The quantitative estimate of drug-likeness (QED) is 0.148. The van der Waals surface area contributed by atoms with Crippen LogP contribution >= 0.6 is 0 Å².